The lowest BCUT2D eigenvalue weighted by atomic mass is 10.1. The first-order valence-corrected chi connectivity index (χ1v) is 5.52. The fourth-order valence-corrected chi connectivity index (χ4v) is 1.48. The molecule has 0 radical (unpaired) electrons. The minimum atomic E-state index is 0.688. The molecule has 1 heterocycles. The molecule has 1 aromatic heterocycles. The molecule has 0 spiro atoms. The number of oxazole rings is 1. The SMILES string of the molecule is CC.CC#Cc1ccc(C)c2oc(C)nc12. The van der Waals surface area contributed by atoms with E-state index in [1.165, 1.54) is 0 Å². The summed E-state index contributed by atoms with van der Waals surface area (Å²) in [7, 11) is 0. The van der Waals surface area contributed by atoms with E-state index in [2.05, 4.69) is 16.8 Å². The maximum atomic E-state index is 5.51. The molecule has 0 aliphatic carbocycles. The average Bonchev–Trinajstić information content (AvgIpc) is 2.68. The van der Waals surface area contributed by atoms with Gasteiger partial charge in [-0.1, -0.05) is 25.8 Å². The van der Waals surface area contributed by atoms with Crippen LogP contribution in [-0.2, 0) is 0 Å². The number of hydrogen-bond donors (Lipinski definition) is 0. The molecule has 2 rings (SSSR count). The van der Waals surface area contributed by atoms with Crippen molar-refractivity contribution in [2.75, 3.05) is 0 Å². The van der Waals surface area contributed by atoms with Gasteiger partial charge in [0.25, 0.3) is 0 Å². The largest absolute Gasteiger partial charge is 0.441 e. The Morgan fingerprint density at radius 1 is 1.19 bits per heavy atom. The predicted octanol–water partition coefficient (Wildman–Crippen LogP) is 3.84. The Morgan fingerprint density at radius 2 is 1.88 bits per heavy atom. The fourth-order valence-electron chi connectivity index (χ4n) is 1.48. The minimum absolute atomic E-state index is 0.688. The fraction of sp³-hybridized carbons (Fsp3) is 0.357. The van der Waals surface area contributed by atoms with Crippen LogP contribution < -0.4 is 0 Å². The van der Waals surface area contributed by atoms with Gasteiger partial charge in [0.2, 0.25) is 0 Å². The van der Waals surface area contributed by atoms with Gasteiger partial charge in [0.1, 0.15) is 5.52 Å². The van der Waals surface area contributed by atoms with Gasteiger partial charge in [-0.3, -0.25) is 0 Å². The number of hydrogen-bond acceptors (Lipinski definition) is 2. The highest BCUT2D eigenvalue weighted by atomic mass is 16.3. The predicted molar refractivity (Wildman–Crippen MR) is 67.4 cm³/mol. The molecule has 0 atom stereocenters. The van der Waals surface area contributed by atoms with Gasteiger partial charge in [0, 0.05) is 6.92 Å². The van der Waals surface area contributed by atoms with Crippen LogP contribution in [-0.4, -0.2) is 4.98 Å². The summed E-state index contributed by atoms with van der Waals surface area (Å²) in [4.78, 5) is 4.32. The number of fused-ring (bicyclic) bond motifs is 1. The number of benzene rings is 1. The van der Waals surface area contributed by atoms with Gasteiger partial charge in [0.05, 0.1) is 5.56 Å². The summed E-state index contributed by atoms with van der Waals surface area (Å²) in [5.74, 6) is 6.58. The molecule has 0 aliphatic rings. The number of aromatic nitrogens is 1. The van der Waals surface area contributed by atoms with Crippen LogP contribution in [0.25, 0.3) is 11.1 Å². The maximum absolute atomic E-state index is 5.51. The summed E-state index contributed by atoms with van der Waals surface area (Å²) in [5.41, 5.74) is 3.76. The second kappa shape index (κ2) is 5.37. The van der Waals surface area contributed by atoms with Crippen LogP contribution >= 0.6 is 0 Å². The molecular weight excluding hydrogens is 198 g/mol. The highest BCUT2D eigenvalue weighted by molar-refractivity contribution is 5.82. The first-order chi connectivity index (χ1) is 7.72. The van der Waals surface area contributed by atoms with Crippen molar-refractivity contribution in [3.05, 3.63) is 29.2 Å². The van der Waals surface area contributed by atoms with Crippen LogP contribution in [0.2, 0.25) is 0 Å². The molecule has 2 nitrogen and oxygen atoms in total. The molecule has 0 amide bonds. The monoisotopic (exact) mass is 215 g/mol. The summed E-state index contributed by atoms with van der Waals surface area (Å²) in [5, 5.41) is 0. The third-order valence-electron chi connectivity index (χ3n) is 2.11. The third kappa shape index (κ3) is 2.25. The molecule has 2 aromatic rings. The molecule has 0 saturated heterocycles. The second-order valence-electron chi connectivity index (χ2n) is 3.22. The van der Waals surface area contributed by atoms with Crippen molar-refractivity contribution in [1.82, 2.24) is 4.98 Å². The van der Waals surface area contributed by atoms with Gasteiger partial charge in [-0.05, 0) is 25.5 Å². The van der Waals surface area contributed by atoms with Crippen LogP contribution in [0.3, 0.4) is 0 Å². The lowest BCUT2D eigenvalue weighted by Crippen LogP contribution is -1.81. The molecule has 0 unspecified atom stereocenters. The Labute approximate surface area is 96.7 Å². The van der Waals surface area contributed by atoms with E-state index >= 15 is 0 Å². The normalized spacial score (nSPS) is 9.06. The molecule has 0 N–H and O–H groups in total. The van der Waals surface area contributed by atoms with Crippen molar-refractivity contribution in [1.29, 1.82) is 0 Å². The van der Waals surface area contributed by atoms with Crippen molar-refractivity contribution >= 4 is 11.1 Å². The Bertz CT molecular complexity index is 541. The standard InChI is InChI=1S/C12H11NO.C2H6/c1-4-5-10-7-6-8(2)12-11(10)13-9(3)14-12;1-2/h6-7H,1-3H3;1-2H3. The van der Waals surface area contributed by atoms with Gasteiger partial charge in [-0.15, -0.1) is 5.92 Å². The Kier molecular flexibility index (Phi) is 4.13. The summed E-state index contributed by atoms with van der Waals surface area (Å²) in [6, 6.07) is 3.99. The molecule has 0 bridgehead atoms. The van der Waals surface area contributed by atoms with Crippen LogP contribution in [0.1, 0.15) is 37.8 Å². The molecule has 0 fully saturated rings. The van der Waals surface area contributed by atoms with E-state index < -0.39 is 0 Å². The van der Waals surface area contributed by atoms with E-state index in [1.807, 2.05) is 46.8 Å². The van der Waals surface area contributed by atoms with E-state index in [4.69, 9.17) is 4.42 Å². The van der Waals surface area contributed by atoms with Gasteiger partial charge in [0.15, 0.2) is 11.5 Å². The topological polar surface area (TPSA) is 26.0 Å². The summed E-state index contributed by atoms with van der Waals surface area (Å²) in [6.07, 6.45) is 0. The first-order valence-electron chi connectivity index (χ1n) is 5.52. The Hall–Kier alpha value is -1.75. The zero-order chi connectivity index (χ0) is 12.1. The van der Waals surface area contributed by atoms with Crippen LogP contribution in [0, 0.1) is 25.7 Å². The van der Waals surface area contributed by atoms with E-state index in [0.717, 1.165) is 22.2 Å². The lowest BCUT2D eigenvalue weighted by Gasteiger charge is -1.94. The maximum Gasteiger partial charge on any atom is 0.192 e. The van der Waals surface area contributed by atoms with Gasteiger partial charge < -0.3 is 4.42 Å². The molecular formula is C14H17NO. The van der Waals surface area contributed by atoms with E-state index in [1.54, 1.807) is 0 Å². The Morgan fingerprint density at radius 3 is 2.50 bits per heavy atom. The number of nitrogens with zero attached hydrogens (tertiary/aromatic N) is 1. The van der Waals surface area contributed by atoms with Gasteiger partial charge in [-0.25, -0.2) is 4.98 Å². The zero-order valence-electron chi connectivity index (χ0n) is 10.5. The van der Waals surface area contributed by atoms with Crippen LogP contribution in [0.15, 0.2) is 16.5 Å². The van der Waals surface area contributed by atoms with Gasteiger partial charge >= 0.3 is 0 Å². The third-order valence-corrected chi connectivity index (χ3v) is 2.11. The van der Waals surface area contributed by atoms with Crippen molar-refractivity contribution in [2.24, 2.45) is 0 Å². The number of aryl methyl sites for hydroxylation is 2. The molecule has 2 heteroatoms. The lowest BCUT2D eigenvalue weighted by molar-refractivity contribution is 0.559. The van der Waals surface area contributed by atoms with E-state index in [0.29, 0.717) is 5.89 Å². The zero-order valence-corrected chi connectivity index (χ0v) is 10.5. The summed E-state index contributed by atoms with van der Waals surface area (Å²) < 4.78 is 5.51. The first kappa shape index (κ1) is 12.3. The quantitative estimate of drug-likeness (QED) is 0.624. The molecule has 0 saturated carbocycles. The highest BCUT2D eigenvalue weighted by Crippen LogP contribution is 2.22. The van der Waals surface area contributed by atoms with Crippen molar-refractivity contribution < 1.29 is 4.42 Å². The van der Waals surface area contributed by atoms with Crippen molar-refractivity contribution in [3.8, 4) is 11.8 Å². The Balaban J connectivity index is 0.000000606. The molecule has 84 valence electrons. The van der Waals surface area contributed by atoms with Crippen LogP contribution in [0.4, 0.5) is 0 Å². The van der Waals surface area contributed by atoms with Crippen molar-refractivity contribution in [3.63, 3.8) is 0 Å². The van der Waals surface area contributed by atoms with Crippen molar-refractivity contribution in [2.45, 2.75) is 34.6 Å². The molecule has 0 aliphatic heterocycles. The summed E-state index contributed by atoms with van der Waals surface area (Å²) >= 11 is 0. The second-order valence-corrected chi connectivity index (χ2v) is 3.22. The molecule has 1 aromatic carbocycles. The number of rotatable bonds is 0. The summed E-state index contributed by atoms with van der Waals surface area (Å²) in [6.45, 7) is 9.68. The minimum Gasteiger partial charge on any atom is -0.441 e. The molecule has 16 heavy (non-hydrogen) atoms. The smallest absolute Gasteiger partial charge is 0.192 e. The average molecular weight is 215 g/mol. The highest BCUT2D eigenvalue weighted by Gasteiger charge is 2.08. The van der Waals surface area contributed by atoms with Gasteiger partial charge in [-0.2, -0.15) is 0 Å². The van der Waals surface area contributed by atoms with Crippen LogP contribution in [0.5, 0.6) is 0 Å². The van der Waals surface area contributed by atoms with E-state index in [-0.39, 0.29) is 0 Å². The van der Waals surface area contributed by atoms with E-state index in [9.17, 15) is 0 Å².